The van der Waals surface area contributed by atoms with Gasteiger partial charge in [0.1, 0.15) is 4.90 Å². The molecule has 0 spiro atoms. The third-order valence-electron chi connectivity index (χ3n) is 2.59. The number of H-pyrrole nitrogens is 1. The molecule has 98 valence electrons. The highest BCUT2D eigenvalue weighted by Gasteiger charge is 2.21. The Hall–Kier alpha value is -0.920. The van der Waals surface area contributed by atoms with Crippen molar-refractivity contribution in [3.8, 4) is 0 Å². The second-order valence-corrected chi connectivity index (χ2v) is 5.74. The molecule has 1 atom stereocenters. The Morgan fingerprint density at radius 2 is 2.29 bits per heavy atom. The minimum Gasteiger partial charge on any atom is -0.329 e. The van der Waals surface area contributed by atoms with Crippen molar-refractivity contribution in [3.63, 3.8) is 0 Å². The van der Waals surface area contributed by atoms with Gasteiger partial charge in [0.2, 0.25) is 10.0 Å². The van der Waals surface area contributed by atoms with E-state index in [-0.39, 0.29) is 10.9 Å². The molecule has 1 aromatic rings. The molecule has 6 nitrogen and oxygen atoms in total. The van der Waals surface area contributed by atoms with Crippen molar-refractivity contribution in [1.82, 2.24) is 14.9 Å². The lowest BCUT2D eigenvalue weighted by Crippen LogP contribution is -2.40. The van der Waals surface area contributed by atoms with Crippen molar-refractivity contribution < 1.29 is 8.42 Å². The maximum Gasteiger partial charge on any atom is 0.244 e. The zero-order chi connectivity index (χ0) is 12.9. The Morgan fingerprint density at radius 1 is 1.59 bits per heavy atom. The van der Waals surface area contributed by atoms with E-state index in [1.54, 1.807) is 6.92 Å². The van der Waals surface area contributed by atoms with E-state index in [2.05, 4.69) is 21.8 Å². The van der Waals surface area contributed by atoms with Gasteiger partial charge in [0.25, 0.3) is 0 Å². The summed E-state index contributed by atoms with van der Waals surface area (Å²) in [7, 11) is -3.51. The van der Waals surface area contributed by atoms with Gasteiger partial charge in [-0.15, -0.1) is 0 Å². The molecule has 1 rings (SSSR count). The van der Waals surface area contributed by atoms with Crippen LogP contribution >= 0.6 is 0 Å². The number of sulfonamides is 1. The first kappa shape index (κ1) is 14.1. The summed E-state index contributed by atoms with van der Waals surface area (Å²) in [5.41, 5.74) is 6.09. The zero-order valence-electron chi connectivity index (χ0n) is 10.2. The van der Waals surface area contributed by atoms with Crippen molar-refractivity contribution in [2.45, 2.75) is 44.0 Å². The van der Waals surface area contributed by atoms with Crippen LogP contribution in [0, 0.1) is 6.92 Å². The van der Waals surface area contributed by atoms with Crippen LogP contribution < -0.4 is 10.5 Å². The molecule has 1 aromatic heterocycles. The van der Waals surface area contributed by atoms with Crippen molar-refractivity contribution >= 4 is 10.0 Å². The van der Waals surface area contributed by atoms with Crippen LogP contribution in [-0.4, -0.2) is 31.2 Å². The number of aryl methyl sites for hydroxylation is 1. The van der Waals surface area contributed by atoms with Crippen molar-refractivity contribution in [1.29, 1.82) is 0 Å². The standard InChI is InChI=1S/C10H20N4O2S/c1-3-4-5-9(6-11)14-17(15,16)10-7-12-13-8(10)2/h7,9,14H,3-6,11H2,1-2H3,(H,12,13). The number of aromatic amines is 1. The van der Waals surface area contributed by atoms with Gasteiger partial charge in [-0.05, 0) is 13.3 Å². The summed E-state index contributed by atoms with van der Waals surface area (Å²) in [5, 5.41) is 6.32. The summed E-state index contributed by atoms with van der Waals surface area (Å²) in [4.78, 5) is 0.187. The van der Waals surface area contributed by atoms with E-state index in [1.165, 1.54) is 6.20 Å². The second kappa shape index (κ2) is 6.13. The molecule has 1 unspecified atom stereocenters. The number of hydrogen-bond donors (Lipinski definition) is 3. The first-order valence-corrected chi connectivity index (χ1v) is 7.22. The molecule has 0 radical (unpaired) electrons. The molecule has 4 N–H and O–H groups in total. The minimum absolute atomic E-state index is 0.187. The molecule has 0 aliphatic heterocycles. The molecule has 0 aliphatic rings. The second-order valence-electron chi connectivity index (χ2n) is 4.06. The zero-order valence-corrected chi connectivity index (χ0v) is 11.0. The SMILES string of the molecule is CCCCC(CN)NS(=O)(=O)c1cn[nH]c1C. The van der Waals surface area contributed by atoms with E-state index in [0.29, 0.717) is 12.2 Å². The van der Waals surface area contributed by atoms with Crippen LogP contribution in [-0.2, 0) is 10.0 Å². The van der Waals surface area contributed by atoms with E-state index in [4.69, 9.17) is 5.73 Å². The van der Waals surface area contributed by atoms with Gasteiger partial charge in [-0.25, -0.2) is 13.1 Å². The molecule has 0 aliphatic carbocycles. The Morgan fingerprint density at radius 3 is 2.76 bits per heavy atom. The number of nitrogens with two attached hydrogens (primary N) is 1. The normalized spacial score (nSPS) is 13.8. The quantitative estimate of drug-likeness (QED) is 0.665. The molecule has 0 amide bonds. The highest BCUT2D eigenvalue weighted by molar-refractivity contribution is 7.89. The van der Waals surface area contributed by atoms with E-state index in [1.807, 2.05) is 0 Å². The summed E-state index contributed by atoms with van der Waals surface area (Å²) in [6, 6.07) is -0.214. The van der Waals surface area contributed by atoms with Crippen molar-refractivity contribution in [2.24, 2.45) is 5.73 Å². The number of hydrogen-bond acceptors (Lipinski definition) is 4. The molecule has 17 heavy (non-hydrogen) atoms. The molecule has 0 aromatic carbocycles. The first-order chi connectivity index (χ1) is 8.01. The van der Waals surface area contributed by atoms with E-state index < -0.39 is 10.0 Å². The van der Waals surface area contributed by atoms with Crippen molar-refractivity contribution in [3.05, 3.63) is 11.9 Å². The maximum atomic E-state index is 12.0. The summed E-state index contributed by atoms with van der Waals surface area (Å²) >= 11 is 0. The van der Waals surface area contributed by atoms with E-state index >= 15 is 0 Å². The van der Waals surface area contributed by atoms with Gasteiger partial charge in [-0.2, -0.15) is 5.10 Å². The first-order valence-electron chi connectivity index (χ1n) is 5.73. The fourth-order valence-electron chi connectivity index (χ4n) is 1.57. The third kappa shape index (κ3) is 3.79. The van der Waals surface area contributed by atoms with Crippen LogP contribution in [0.2, 0.25) is 0 Å². The largest absolute Gasteiger partial charge is 0.329 e. The molecular formula is C10H20N4O2S. The minimum atomic E-state index is -3.51. The van der Waals surface area contributed by atoms with Crippen LogP contribution in [0.4, 0.5) is 0 Å². The van der Waals surface area contributed by atoms with Crippen LogP contribution in [0.25, 0.3) is 0 Å². The molecule has 7 heteroatoms. The van der Waals surface area contributed by atoms with Gasteiger partial charge < -0.3 is 5.73 Å². The predicted molar refractivity (Wildman–Crippen MR) is 66.0 cm³/mol. The van der Waals surface area contributed by atoms with Gasteiger partial charge in [0.05, 0.1) is 11.9 Å². The molecule has 1 heterocycles. The lowest BCUT2D eigenvalue weighted by Gasteiger charge is -2.16. The Bertz CT molecular complexity index is 441. The average molecular weight is 260 g/mol. The average Bonchev–Trinajstić information content (AvgIpc) is 2.71. The van der Waals surface area contributed by atoms with Gasteiger partial charge in [0, 0.05) is 12.6 Å². The van der Waals surface area contributed by atoms with Gasteiger partial charge in [0.15, 0.2) is 0 Å². The van der Waals surface area contributed by atoms with Gasteiger partial charge in [-0.3, -0.25) is 5.10 Å². The lowest BCUT2D eigenvalue weighted by atomic mass is 10.1. The number of nitrogens with one attached hydrogen (secondary N) is 2. The third-order valence-corrected chi connectivity index (χ3v) is 4.22. The molecular weight excluding hydrogens is 240 g/mol. The highest BCUT2D eigenvalue weighted by Crippen LogP contribution is 2.12. The summed E-state index contributed by atoms with van der Waals surface area (Å²) in [6.45, 7) is 4.03. The molecule has 0 bridgehead atoms. The Labute approximate surface area is 102 Å². The molecule has 0 fully saturated rings. The monoisotopic (exact) mass is 260 g/mol. The van der Waals surface area contributed by atoms with Crippen LogP contribution in [0.5, 0.6) is 0 Å². The summed E-state index contributed by atoms with van der Waals surface area (Å²) in [6.07, 6.45) is 4.03. The summed E-state index contributed by atoms with van der Waals surface area (Å²) < 4.78 is 26.6. The van der Waals surface area contributed by atoms with Crippen LogP contribution in [0.1, 0.15) is 31.9 Å². The van der Waals surface area contributed by atoms with E-state index in [0.717, 1.165) is 19.3 Å². The molecule has 0 saturated heterocycles. The smallest absolute Gasteiger partial charge is 0.244 e. The Balaban J connectivity index is 2.75. The van der Waals surface area contributed by atoms with Crippen LogP contribution in [0.15, 0.2) is 11.1 Å². The number of unbranched alkanes of at least 4 members (excludes halogenated alkanes) is 1. The predicted octanol–water partition coefficient (Wildman–Crippen LogP) is 0.514. The molecule has 0 saturated carbocycles. The summed E-state index contributed by atoms with van der Waals surface area (Å²) in [5.74, 6) is 0. The topological polar surface area (TPSA) is 101 Å². The highest BCUT2D eigenvalue weighted by atomic mass is 32.2. The van der Waals surface area contributed by atoms with Gasteiger partial charge in [-0.1, -0.05) is 19.8 Å². The van der Waals surface area contributed by atoms with E-state index in [9.17, 15) is 8.42 Å². The Kier molecular flexibility index (Phi) is 5.10. The van der Waals surface area contributed by atoms with Gasteiger partial charge >= 0.3 is 0 Å². The lowest BCUT2D eigenvalue weighted by molar-refractivity contribution is 0.516. The van der Waals surface area contributed by atoms with Crippen molar-refractivity contribution in [2.75, 3.05) is 6.54 Å². The number of nitrogens with zero attached hydrogens (tertiary/aromatic N) is 1. The fourth-order valence-corrected chi connectivity index (χ4v) is 2.99. The fraction of sp³-hybridized carbons (Fsp3) is 0.700. The maximum absolute atomic E-state index is 12.0. The van der Waals surface area contributed by atoms with Crippen LogP contribution in [0.3, 0.4) is 0 Å². The number of aromatic nitrogens is 2. The number of rotatable bonds is 7.